The molecule has 136 valence electrons. The molecule has 6 nitrogen and oxygen atoms in total. The molecule has 27 heavy (non-hydrogen) atoms. The first kappa shape index (κ1) is 17.1. The van der Waals surface area contributed by atoms with Crippen LogP contribution in [0.25, 0.3) is 28.1 Å². The summed E-state index contributed by atoms with van der Waals surface area (Å²) in [5.41, 5.74) is 4.28. The van der Waals surface area contributed by atoms with E-state index in [1.165, 1.54) is 12.1 Å². The Morgan fingerprint density at radius 3 is 2.70 bits per heavy atom. The number of hydrogen-bond acceptors (Lipinski definition) is 5. The summed E-state index contributed by atoms with van der Waals surface area (Å²) in [7, 11) is 0. The molecule has 1 aromatic carbocycles. The van der Waals surface area contributed by atoms with Gasteiger partial charge in [0.25, 0.3) is 0 Å². The Balaban J connectivity index is 1.89. The molecule has 0 bridgehead atoms. The second-order valence-corrected chi connectivity index (χ2v) is 6.15. The molecule has 0 saturated carbocycles. The average molecular weight is 363 g/mol. The molecule has 0 atom stereocenters. The van der Waals surface area contributed by atoms with E-state index in [0.29, 0.717) is 18.2 Å². The maximum Gasteiger partial charge on any atom is 0.147 e. The van der Waals surface area contributed by atoms with Gasteiger partial charge in [-0.15, -0.1) is 0 Å². The maximum absolute atomic E-state index is 13.4. The second-order valence-electron chi connectivity index (χ2n) is 6.15. The number of pyridine rings is 2. The normalized spacial score (nSPS) is 11.1. The summed E-state index contributed by atoms with van der Waals surface area (Å²) in [6.07, 6.45) is 5.19. The van der Waals surface area contributed by atoms with Crippen LogP contribution < -0.4 is 5.32 Å². The van der Waals surface area contributed by atoms with Crippen molar-refractivity contribution in [3.05, 3.63) is 66.4 Å². The molecular formula is C20H18FN5O. The summed E-state index contributed by atoms with van der Waals surface area (Å²) < 4.78 is 15.4. The highest BCUT2D eigenvalue weighted by Gasteiger charge is 2.17. The van der Waals surface area contributed by atoms with Crippen molar-refractivity contribution in [3.8, 4) is 17.1 Å². The quantitative estimate of drug-likeness (QED) is 0.569. The van der Waals surface area contributed by atoms with Crippen molar-refractivity contribution in [2.45, 2.75) is 6.92 Å². The number of aliphatic hydroxyl groups is 1. The van der Waals surface area contributed by atoms with Gasteiger partial charge in [-0.3, -0.25) is 9.55 Å². The van der Waals surface area contributed by atoms with Crippen molar-refractivity contribution >= 4 is 16.9 Å². The molecule has 0 saturated heterocycles. The molecule has 0 fully saturated rings. The Morgan fingerprint density at radius 2 is 1.96 bits per heavy atom. The predicted molar refractivity (Wildman–Crippen MR) is 102 cm³/mol. The first-order chi connectivity index (χ1) is 13.2. The Hall–Kier alpha value is -3.32. The molecule has 3 heterocycles. The van der Waals surface area contributed by atoms with E-state index in [1.807, 2.05) is 23.6 Å². The number of imidazole rings is 1. The molecular weight excluding hydrogens is 345 g/mol. The maximum atomic E-state index is 13.4. The highest BCUT2D eigenvalue weighted by molar-refractivity contribution is 5.83. The molecule has 0 aliphatic heterocycles. The SMILES string of the molecule is Cc1cc(NCCO)ncc1-c1nc2ccncc2n1-c1ccc(F)cc1. The molecule has 0 amide bonds. The number of hydrogen-bond donors (Lipinski definition) is 2. The van der Waals surface area contributed by atoms with Crippen LogP contribution in [0.5, 0.6) is 0 Å². The Bertz CT molecular complexity index is 1090. The van der Waals surface area contributed by atoms with Crippen molar-refractivity contribution in [2.24, 2.45) is 0 Å². The van der Waals surface area contributed by atoms with E-state index in [-0.39, 0.29) is 12.4 Å². The number of rotatable bonds is 5. The summed E-state index contributed by atoms with van der Waals surface area (Å²) in [5.74, 6) is 1.11. The van der Waals surface area contributed by atoms with Crippen molar-refractivity contribution in [1.29, 1.82) is 0 Å². The number of benzene rings is 1. The molecule has 0 aliphatic rings. The molecule has 2 N–H and O–H groups in total. The van der Waals surface area contributed by atoms with Crippen molar-refractivity contribution in [3.63, 3.8) is 0 Å². The second kappa shape index (κ2) is 7.13. The zero-order chi connectivity index (χ0) is 18.8. The minimum absolute atomic E-state index is 0.0375. The van der Waals surface area contributed by atoms with Crippen LogP contribution in [0.2, 0.25) is 0 Å². The third kappa shape index (κ3) is 3.24. The van der Waals surface area contributed by atoms with Gasteiger partial charge in [-0.25, -0.2) is 14.4 Å². The number of aryl methyl sites for hydroxylation is 1. The highest BCUT2D eigenvalue weighted by atomic mass is 19.1. The number of nitrogens with zero attached hydrogens (tertiary/aromatic N) is 4. The van der Waals surface area contributed by atoms with Crippen LogP contribution in [0, 0.1) is 12.7 Å². The van der Waals surface area contributed by atoms with Crippen LogP contribution >= 0.6 is 0 Å². The highest BCUT2D eigenvalue weighted by Crippen LogP contribution is 2.30. The Kier molecular flexibility index (Phi) is 4.52. The van der Waals surface area contributed by atoms with E-state index in [2.05, 4.69) is 15.3 Å². The van der Waals surface area contributed by atoms with E-state index in [1.54, 1.807) is 30.7 Å². The summed E-state index contributed by atoms with van der Waals surface area (Å²) >= 11 is 0. The first-order valence-corrected chi connectivity index (χ1v) is 8.57. The van der Waals surface area contributed by atoms with Crippen molar-refractivity contribution < 1.29 is 9.50 Å². The van der Waals surface area contributed by atoms with Crippen LogP contribution in [-0.4, -0.2) is 37.8 Å². The standard InChI is InChI=1S/C20H18FN5O/c1-13-10-19(23-8-9-27)24-11-16(13)20-25-17-6-7-22-12-18(17)26(20)15-4-2-14(21)3-5-15/h2-7,10-12,27H,8-9H2,1H3,(H,23,24). The van der Waals surface area contributed by atoms with Crippen LogP contribution in [0.3, 0.4) is 0 Å². The lowest BCUT2D eigenvalue weighted by Gasteiger charge is -2.12. The lowest BCUT2D eigenvalue weighted by atomic mass is 10.1. The molecule has 7 heteroatoms. The van der Waals surface area contributed by atoms with Gasteiger partial charge in [0.15, 0.2) is 0 Å². The van der Waals surface area contributed by atoms with Crippen LogP contribution in [-0.2, 0) is 0 Å². The predicted octanol–water partition coefficient (Wildman–Crippen LogP) is 3.33. The van der Waals surface area contributed by atoms with Gasteiger partial charge >= 0.3 is 0 Å². The minimum atomic E-state index is -0.292. The monoisotopic (exact) mass is 363 g/mol. The summed E-state index contributed by atoms with van der Waals surface area (Å²) in [5, 5.41) is 12.0. The summed E-state index contributed by atoms with van der Waals surface area (Å²) in [6, 6.07) is 10.0. The van der Waals surface area contributed by atoms with Crippen molar-refractivity contribution in [1.82, 2.24) is 19.5 Å². The summed E-state index contributed by atoms with van der Waals surface area (Å²) in [6.45, 7) is 2.45. The fourth-order valence-electron chi connectivity index (χ4n) is 3.03. The van der Waals surface area contributed by atoms with Crippen molar-refractivity contribution in [2.75, 3.05) is 18.5 Å². The number of anilines is 1. The lowest BCUT2D eigenvalue weighted by molar-refractivity contribution is 0.311. The molecule has 0 spiro atoms. The van der Waals surface area contributed by atoms with E-state index in [0.717, 1.165) is 27.8 Å². The van der Waals surface area contributed by atoms with Crippen LogP contribution in [0.15, 0.2) is 55.0 Å². The number of aromatic nitrogens is 4. The van der Waals surface area contributed by atoms with Gasteiger partial charge in [-0.2, -0.15) is 0 Å². The summed E-state index contributed by atoms with van der Waals surface area (Å²) in [4.78, 5) is 13.4. The van der Waals surface area contributed by atoms with Gasteiger partial charge in [0.2, 0.25) is 0 Å². The van der Waals surface area contributed by atoms with Gasteiger partial charge in [0.1, 0.15) is 17.5 Å². The number of nitrogens with one attached hydrogen (secondary N) is 1. The van der Waals surface area contributed by atoms with Gasteiger partial charge in [0, 0.05) is 30.2 Å². The molecule has 0 radical (unpaired) electrons. The van der Waals surface area contributed by atoms with Crippen LogP contribution in [0.4, 0.5) is 10.2 Å². The fraction of sp³-hybridized carbons (Fsp3) is 0.150. The van der Waals surface area contributed by atoms with E-state index < -0.39 is 0 Å². The van der Waals surface area contributed by atoms with Gasteiger partial charge in [0.05, 0.1) is 23.8 Å². The largest absolute Gasteiger partial charge is 0.395 e. The van der Waals surface area contributed by atoms with E-state index in [4.69, 9.17) is 10.1 Å². The Morgan fingerprint density at radius 1 is 1.15 bits per heavy atom. The van der Waals surface area contributed by atoms with E-state index >= 15 is 0 Å². The molecule has 4 aromatic rings. The third-order valence-corrected chi connectivity index (χ3v) is 4.31. The fourth-order valence-corrected chi connectivity index (χ4v) is 3.03. The number of fused-ring (bicyclic) bond motifs is 1. The minimum Gasteiger partial charge on any atom is -0.395 e. The molecule has 4 rings (SSSR count). The number of aliphatic hydroxyl groups excluding tert-OH is 1. The zero-order valence-corrected chi connectivity index (χ0v) is 14.7. The number of halogens is 1. The topological polar surface area (TPSA) is 75.9 Å². The molecule has 0 unspecified atom stereocenters. The van der Waals surface area contributed by atoms with Gasteiger partial charge in [-0.1, -0.05) is 0 Å². The molecule has 3 aromatic heterocycles. The zero-order valence-electron chi connectivity index (χ0n) is 14.7. The smallest absolute Gasteiger partial charge is 0.147 e. The third-order valence-electron chi connectivity index (χ3n) is 4.31. The Labute approximate surface area is 155 Å². The van der Waals surface area contributed by atoms with Gasteiger partial charge < -0.3 is 10.4 Å². The van der Waals surface area contributed by atoms with E-state index in [9.17, 15) is 4.39 Å². The first-order valence-electron chi connectivity index (χ1n) is 8.57. The lowest BCUT2D eigenvalue weighted by Crippen LogP contribution is -2.07. The average Bonchev–Trinajstić information content (AvgIpc) is 3.06. The van der Waals surface area contributed by atoms with Gasteiger partial charge in [-0.05, 0) is 48.9 Å². The molecule has 0 aliphatic carbocycles. The van der Waals surface area contributed by atoms with Crippen LogP contribution in [0.1, 0.15) is 5.56 Å².